The number of sulfonamides is 1. The molecule has 0 bridgehead atoms. The van der Waals surface area contributed by atoms with E-state index in [1.807, 2.05) is 27.7 Å². The van der Waals surface area contributed by atoms with E-state index in [2.05, 4.69) is 5.32 Å². The Kier molecular flexibility index (Phi) is 11.1. The van der Waals surface area contributed by atoms with Gasteiger partial charge < -0.3 is 15.0 Å². The lowest BCUT2D eigenvalue weighted by atomic mass is 10.1. The third kappa shape index (κ3) is 8.38. The van der Waals surface area contributed by atoms with E-state index in [1.165, 1.54) is 17.0 Å². The number of amides is 2. The van der Waals surface area contributed by atoms with Gasteiger partial charge in [-0.1, -0.05) is 47.0 Å². The van der Waals surface area contributed by atoms with Gasteiger partial charge in [0, 0.05) is 22.6 Å². The summed E-state index contributed by atoms with van der Waals surface area (Å²) >= 11 is 12.5. The highest BCUT2D eigenvalue weighted by Crippen LogP contribution is 2.28. The first-order chi connectivity index (χ1) is 19.3. The molecule has 0 spiro atoms. The van der Waals surface area contributed by atoms with Gasteiger partial charge >= 0.3 is 0 Å². The number of halogens is 2. The molecule has 0 radical (unpaired) electrons. The van der Waals surface area contributed by atoms with Crippen molar-refractivity contribution in [3.8, 4) is 5.75 Å². The fourth-order valence-electron chi connectivity index (χ4n) is 4.06. The number of hydrogen-bond donors (Lipinski definition) is 1. The molecule has 0 saturated heterocycles. The molecule has 41 heavy (non-hydrogen) atoms. The lowest BCUT2D eigenvalue weighted by molar-refractivity contribution is -0.139. The summed E-state index contributed by atoms with van der Waals surface area (Å²) in [7, 11) is -4.18. The summed E-state index contributed by atoms with van der Waals surface area (Å²) in [5, 5.41) is 3.57. The van der Waals surface area contributed by atoms with Crippen LogP contribution in [-0.4, -0.2) is 50.4 Å². The number of carbonyl (C=O) groups excluding carboxylic acids is 2. The van der Waals surface area contributed by atoms with Crippen molar-refractivity contribution in [1.29, 1.82) is 0 Å². The van der Waals surface area contributed by atoms with Crippen LogP contribution in [-0.2, 0) is 26.2 Å². The quantitative estimate of drug-likeness (QED) is 0.275. The maximum absolute atomic E-state index is 14.0. The summed E-state index contributed by atoms with van der Waals surface area (Å²) in [6.45, 7) is 8.77. The Morgan fingerprint density at radius 2 is 1.59 bits per heavy atom. The molecule has 3 aromatic carbocycles. The van der Waals surface area contributed by atoms with E-state index in [1.54, 1.807) is 61.5 Å². The summed E-state index contributed by atoms with van der Waals surface area (Å²) in [5.74, 6) is -0.410. The highest BCUT2D eigenvalue weighted by atomic mass is 35.5. The minimum Gasteiger partial charge on any atom is -0.494 e. The van der Waals surface area contributed by atoms with Gasteiger partial charge in [-0.15, -0.1) is 0 Å². The lowest BCUT2D eigenvalue weighted by Gasteiger charge is -2.32. The zero-order valence-electron chi connectivity index (χ0n) is 23.7. The number of rotatable bonds is 12. The third-order valence-electron chi connectivity index (χ3n) is 6.28. The Bertz CT molecular complexity index is 1460. The Morgan fingerprint density at radius 3 is 2.15 bits per heavy atom. The molecule has 0 aliphatic carbocycles. The third-order valence-corrected chi connectivity index (χ3v) is 8.65. The maximum atomic E-state index is 14.0. The van der Waals surface area contributed by atoms with Crippen LogP contribution in [0.3, 0.4) is 0 Å². The van der Waals surface area contributed by atoms with Crippen molar-refractivity contribution in [2.24, 2.45) is 0 Å². The molecule has 0 aliphatic rings. The van der Waals surface area contributed by atoms with Crippen LogP contribution in [0.1, 0.15) is 38.8 Å². The molecular weight excluding hydrogens is 585 g/mol. The van der Waals surface area contributed by atoms with Crippen molar-refractivity contribution in [3.63, 3.8) is 0 Å². The summed E-state index contributed by atoms with van der Waals surface area (Å²) in [6.07, 6.45) is 0. The molecule has 0 heterocycles. The van der Waals surface area contributed by atoms with Gasteiger partial charge in [0.25, 0.3) is 10.0 Å². The molecule has 220 valence electrons. The number of hydrogen-bond acceptors (Lipinski definition) is 5. The zero-order valence-corrected chi connectivity index (χ0v) is 26.1. The number of anilines is 1. The Balaban J connectivity index is 2.05. The molecule has 0 saturated carbocycles. The number of carbonyl (C=O) groups is 2. The van der Waals surface area contributed by atoms with Gasteiger partial charge in [-0.2, -0.15) is 0 Å². The Labute approximate surface area is 252 Å². The van der Waals surface area contributed by atoms with Gasteiger partial charge in [-0.3, -0.25) is 13.9 Å². The average molecular weight is 621 g/mol. The van der Waals surface area contributed by atoms with Gasteiger partial charge in [0.2, 0.25) is 11.8 Å². The van der Waals surface area contributed by atoms with E-state index in [9.17, 15) is 18.0 Å². The van der Waals surface area contributed by atoms with E-state index >= 15 is 0 Å². The van der Waals surface area contributed by atoms with Crippen LogP contribution in [0.15, 0.2) is 71.6 Å². The van der Waals surface area contributed by atoms with Crippen LogP contribution in [0, 0.1) is 6.92 Å². The number of ether oxygens (including phenoxy) is 1. The van der Waals surface area contributed by atoms with Gasteiger partial charge in [-0.05, 0) is 88.7 Å². The largest absolute Gasteiger partial charge is 0.494 e. The molecule has 3 rings (SSSR count). The van der Waals surface area contributed by atoms with Crippen molar-refractivity contribution >= 4 is 50.7 Å². The molecule has 1 N–H and O–H groups in total. The van der Waals surface area contributed by atoms with Crippen molar-refractivity contribution in [2.45, 2.75) is 58.1 Å². The number of benzene rings is 3. The smallest absolute Gasteiger partial charge is 0.264 e. The topological polar surface area (TPSA) is 96.0 Å². The van der Waals surface area contributed by atoms with E-state index < -0.39 is 28.5 Å². The Hall–Kier alpha value is -3.27. The second-order valence-electron chi connectivity index (χ2n) is 9.85. The van der Waals surface area contributed by atoms with Gasteiger partial charge in [0.05, 0.1) is 17.2 Å². The highest BCUT2D eigenvalue weighted by Gasteiger charge is 2.33. The molecular formula is C30H35Cl2N3O5S. The standard InChI is InChI=1S/C30H35Cl2N3O5S/c1-6-40-26-13-11-25(12-14-26)35(41(38,39)27-15-7-21(4)8-16-27)19-29(36)34(22(5)30(37)33-20(2)3)18-23-9-10-24(31)17-28(23)32/h7-17,20,22H,6,18-19H2,1-5H3,(H,33,37). The van der Waals surface area contributed by atoms with Crippen molar-refractivity contribution in [3.05, 3.63) is 87.9 Å². The first kappa shape index (κ1) is 32.2. The predicted octanol–water partition coefficient (Wildman–Crippen LogP) is 5.84. The van der Waals surface area contributed by atoms with Gasteiger partial charge in [0.1, 0.15) is 18.3 Å². The van der Waals surface area contributed by atoms with Crippen LogP contribution in [0.5, 0.6) is 5.75 Å². The zero-order chi connectivity index (χ0) is 30.3. The van der Waals surface area contributed by atoms with E-state index in [4.69, 9.17) is 27.9 Å². The SMILES string of the molecule is CCOc1ccc(N(CC(=O)N(Cc2ccc(Cl)cc2Cl)C(C)C(=O)NC(C)C)S(=O)(=O)c2ccc(C)cc2)cc1. The second-order valence-corrected chi connectivity index (χ2v) is 12.6. The fraction of sp³-hybridized carbons (Fsp3) is 0.333. The number of aryl methyl sites for hydroxylation is 1. The molecule has 0 aliphatic heterocycles. The number of nitrogens with one attached hydrogen (secondary N) is 1. The van der Waals surface area contributed by atoms with Crippen LogP contribution >= 0.6 is 23.2 Å². The average Bonchev–Trinajstić information content (AvgIpc) is 2.91. The van der Waals surface area contributed by atoms with Crippen molar-refractivity contribution in [2.75, 3.05) is 17.5 Å². The first-order valence-electron chi connectivity index (χ1n) is 13.2. The van der Waals surface area contributed by atoms with Crippen LogP contribution in [0.2, 0.25) is 10.0 Å². The summed E-state index contributed by atoms with van der Waals surface area (Å²) in [4.78, 5) is 28.4. The molecule has 0 fully saturated rings. The van der Waals surface area contributed by atoms with Crippen LogP contribution in [0.25, 0.3) is 0 Å². The molecule has 8 nitrogen and oxygen atoms in total. The lowest BCUT2D eigenvalue weighted by Crippen LogP contribution is -2.52. The normalized spacial score (nSPS) is 12.1. The second kappa shape index (κ2) is 14.1. The molecule has 0 aromatic heterocycles. The van der Waals surface area contributed by atoms with E-state index in [-0.39, 0.29) is 29.1 Å². The summed E-state index contributed by atoms with van der Waals surface area (Å²) < 4.78 is 34.4. The minimum absolute atomic E-state index is 0.0303. The first-order valence-corrected chi connectivity index (χ1v) is 15.4. The Morgan fingerprint density at radius 1 is 0.951 bits per heavy atom. The molecule has 3 aromatic rings. The number of nitrogens with zero attached hydrogens (tertiary/aromatic N) is 2. The predicted molar refractivity (Wildman–Crippen MR) is 163 cm³/mol. The molecule has 2 amide bonds. The van der Waals surface area contributed by atoms with Crippen LogP contribution < -0.4 is 14.4 Å². The van der Waals surface area contributed by atoms with Gasteiger partial charge in [0.15, 0.2) is 0 Å². The monoisotopic (exact) mass is 619 g/mol. The fourth-order valence-corrected chi connectivity index (χ4v) is 5.95. The maximum Gasteiger partial charge on any atom is 0.264 e. The van der Waals surface area contributed by atoms with Crippen molar-refractivity contribution < 1.29 is 22.7 Å². The minimum atomic E-state index is -4.18. The van der Waals surface area contributed by atoms with E-state index in [0.717, 1.165) is 9.87 Å². The van der Waals surface area contributed by atoms with Gasteiger partial charge in [-0.25, -0.2) is 8.42 Å². The molecule has 11 heteroatoms. The van der Waals surface area contributed by atoms with Crippen molar-refractivity contribution in [1.82, 2.24) is 10.2 Å². The summed E-state index contributed by atoms with van der Waals surface area (Å²) in [6, 6.07) is 16.6. The van der Waals surface area contributed by atoms with Crippen LogP contribution in [0.4, 0.5) is 5.69 Å². The summed E-state index contributed by atoms with van der Waals surface area (Å²) in [5.41, 5.74) is 1.72. The molecule has 1 atom stereocenters. The van der Waals surface area contributed by atoms with E-state index in [0.29, 0.717) is 28.0 Å². The highest BCUT2D eigenvalue weighted by molar-refractivity contribution is 7.92. The molecule has 1 unspecified atom stereocenters.